The van der Waals surface area contributed by atoms with E-state index in [1.807, 2.05) is 31.1 Å². The van der Waals surface area contributed by atoms with E-state index in [9.17, 15) is 4.79 Å². The summed E-state index contributed by atoms with van der Waals surface area (Å²) in [5, 5.41) is 3.52. The van der Waals surface area contributed by atoms with Gasteiger partial charge in [-0.2, -0.15) is 4.98 Å². The summed E-state index contributed by atoms with van der Waals surface area (Å²) >= 11 is 6.01. The van der Waals surface area contributed by atoms with Gasteiger partial charge in [-0.1, -0.05) is 17.7 Å². The third-order valence-electron chi connectivity index (χ3n) is 5.20. The lowest BCUT2D eigenvalue weighted by molar-refractivity contribution is 0.206. The van der Waals surface area contributed by atoms with Crippen molar-refractivity contribution < 1.29 is 4.79 Å². The summed E-state index contributed by atoms with van der Waals surface area (Å²) < 4.78 is 0. The zero-order valence-corrected chi connectivity index (χ0v) is 17.0. The van der Waals surface area contributed by atoms with Crippen LogP contribution in [-0.4, -0.2) is 54.6 Å². The molecule has 0 bridgehead atoms. The molecule has 1 aromatic heterocycles. The molecule has 1 N–H and O–H groups in total. The van der Waals surface area contributed by atoms with Gasteiger partial charge in [0.15, 0.2) is 0 Å². The number of rotatable bonds is 3. The van der Waals surface area contributed by atoms with Crippen molar-refractivity contribution in [3.63, 3.8) is 0 Å². The predicted octanol–water partition coefficient (Wildman–Crippen LogP) is 3.39. The number of nitrogens with one attached hydrogen (secondary N) is 1. The lowest BCUT2D eigenvalue weighted by Gasteiger charge is -2.31. The van der Waals surface area contributed by atoms with E-state index in [4.69, 9.17) is 21.6 Å². The number of fused-ring (bicyclic) bond motifs is 1. The zero-order chi connectivity index (χ0) is 19.7. The minimum absolute atomic E-state index is 0.138. The fraction of sp³-hybridized carbons (Fsp3) is 0.450. The summed E-state index contributed by atoms with van der Waals surface area (Å²) in [5.74, 6) is 1.71. The van der Waals surface area contributed by atoms with Crippen molar-refractivity contribution in [3.8, 4) is 0 Å². The van der Waals surface area contributed by atoms with Crippen LogP contribution in [0.5, 0.6) is 0 Å². The number of nitrogens with zero attached hydrogens (tertiary/aromatic N) is 5. The zero-order valence-electron chi connectivity index (χ0n) is 16.3. The van der Waals surface area contributed by atoms with Crippen molar-refractivity contribution in [3.05, 3.63) is 40.5 Å². The van der Waals surface area contributed by atoms with Crippen molar-refractivity contribution >= 4 is 35.1 Å². The van der Waals surface area contributed by atoms with Gasteiger partial charge < -0.3 is 20.0 Å². The minimum Gasteiger partial charge on any atom is -0.362 e. The summed E-state index contributed by atoms with van der Waals surface area (Å²) in [6.07, 6.45) is 3.10. The molecule has 1 aromatic carbocycles. The van der Waals surface area contributed by atoms with Gasteiger partial charge in [0.2, 0.25) is 5.95 Å². The van der Waals surface area contributed by atoms with E-state index in [1.54, 1.807) is 17.0 Å². The SMILES string of the molecule is CN(C)c1nc(N2CCCC2)nc2c1CN(C(=O)Nc1cccc(Cl)c1)CC2. The first-order valence-corrected chi connectivity index (χ1v) is 10.0. The van der Waals surface area contributed by atoms with Gasteiger partial charge >= 0.3 is 6.03 Å². The van der Waals surface area contributed by atoms with Gasteiger partial charge in [-0.05, 0) is 31.0 Å². The van der Waals surface area contributed by atoms with Gasteiger partial charge in [-0.3, -0.25) is 0 Å². The summed E-state index contributed by atoms with van der Waals surface area (Å²) in [6, 6.07) is 7.04. The summed E-state index contributed by atoms with van der Waals surface area (Å²) in [4.78, 5) is 28.5. The Morgan fingerprint density at radius 1 is 1.18 bits per heavy atom. The van der Waals surface area contributed by atoms with Crippen LogP contribution in [0.3, 0.4) is 0 Å². The van der Waals surface area contributed by atoms with E-state index in [0.717, 1.165) is 42.5 Å². The molecule has 0 unspecified atom stereocenters. The van der Waals surface area contributed by atoms with E-state index in [1.165, 1.54) is 12.8 Å². The molecule has 148 valence electrons. The van der Waals surface area contributed by atoms with E-state index < -0.39 is 0 Å². The molecule has 2 aliphatic heterocycles. The quantitative estimate of drug-likeness (QED) is 0.855. The second kappa shape index (κ2) is 7.83. The topological polar surface area (TPSA) is 64.6 Å². The highest BCUT2D eigenvalue weighted by Gasteiger charge is 2.28. The molecule has 7 nitrogen and oxygen atoms in total. The van der Waals surface area contributed by atoms with Crippen LogP contribution in [0.1, 0.15) is 24.1 Å². The standard InChI is InChI=1S/C20H25ClN6O/c1-25(2)18-16-13-27(20(28)22-15-7-5-6-14(21)12-15)11-8-17(16)23-19(24-18)26-9-3-4-10-26/h5-7,12H,3-4,8-11,13H2,1-2H3,(H,22,28). The lowest BCUT2D eigenvalue weighted by Crippen LogP contribution is -2.40. The van der Waals surface area contributed by atoms with Gasteiger partial charge in [0, 0.05) is 56.4 Å². The molecule has 0 radical (unpaired) electrons. The van der Waals surface area contributed by atoms with Crippen molar-refractivity contribution in [2.45, 2.75) is 25.8 Å². The van der Waals surface area contributed by atoms with Crippen molar-refractivity contribution in [1.82, 2.24) is 14.9 Å². The van der Waals surface area contributed by atoms with Crippen molar-refractivity contribution in [2.75, 3.05) is 48.8 Å². The molecule has 0 aliphatic carbocycles. The highest BCUT2D eigenvalue weighted by molar-refractivity contribution is 6.30. The molecule has 1 saturated heterocycles. The Kier molecular flexibility index (Phi) is 5.26. The monoisotopic (exact) mass is 400 g/mol. The van der Waals surface area contributed by atoms with Crippen LogP contribution >= 0.6 is 11.6 Å². The molecule has 2 aliphatic rings. The Labute approximate surface area is 170 Å². The van der Waals surface area contributed by atoms with Crippen molar-refractivity contribution in [1.29, 1.82) is 0 Å². The number of benzene rings is 1. The maximum Gasteiger partial charge on any atom is 0.322 e. The minimum atomic E-state index is -0.138. The number of anilines is 3. The second-order valence-electron chi connectivity index (χ2n) is 7.47. The van der Waals surface area contributed by atoms with Crippen LogP contribution in [0.4, 0.5) is 22.2 Å². The van der Waals surface area contributed by atoms with Gasteiger partial charge in [-0.25, -0.2) is 9.78 Å². The van der Waals surface area contributed by atoms with Crippen molar-refractivity contribution in [2.24, 2.45) is 0 Å². The molecule has 1 fully saturated rings. The summed E-state index contributed by atoms with van der Waals surface area (Å²) in [5.41, 5.74) is 2.77. The number of carbonyl (C=O) groups excluding carboxylic acids is 1. The fourth-order valence-corrected chi connectivity index (χ4v) is 3.94. The highest BCUT2D eigenvalue weighted by atomic mass is 35.5. The number of urea groups is 1. The number of aromatic nitrogens is 2. The molecule has 2 amide bonds. The molecule has 0 spiro atoms. The summed E-state index contributed by atoms with van der Waals surface area (Å²) in [6.45, 7) is 3.15. The van der Waals surface area contributed by atoms with Crippen LogP contribution in [0.15, 0.2) is 24.3 Å². The van der Waals surface area contributed by atoms with E-state index in [2.05, 4.69) is 10.2 Å². The molecular formula is C20H25ClN6O. The molecule has 0 saturated carbocycles. The Bertz CT molecular complexity index is 881. The van der Waals surface area contributed by atoms with E-state index >= 15 is 0 Å². The average molecular weight is 401 g/mol. The van der Waals surface area contributed by atoms with E-state index in [0.29, 0.717) is 23.8 Å². The molecule has 0 atom stereocenters. The Balaban J connectivity index is 1.56. The molecule has 28 heavy (non-hydrogen) atoms. The first-order chi connectivity index (χ1) is 13.5. The maximum atomic E-state index is 12.8. The lowest BCUT2D eigenvalue weighted by atomic mass is 10.1. The predicted molar refractivity (Wildman–Crippen MR) is 112 cm³/mol. The number of halogens is 1. The first kappa shape index (κ1) is 18.8. The second-order valence-corrected chi connectivity index (χ2v) is 7.91. The van der Waals surface area contributed by atoms with Crippen LogP contribution in [0, 0.1) is 0 Å². The number of amides is 2. The van der Waals surface area contributed by atoms with Gasteiger partial charge in [0.1, 0.15) is 5.82 Å². The Hall–Kier alpha value is -2.54. The molecule has 4 rings (SSSR count). The molecule has 2 aromatic rings. The first-order valence-electron chi connectivity index (χ1n) is 9.65. The molecule has 8 heteroatoms. The smallest absolute Gasteiger partial charge is 0.322 e. The van der Waals surface area contributed by atoms with Gasteiger partial charge in [0.05, 0.1) is 12.2 Å². The third-order valence-corrected chi connectivity index (χ3v) is 5.44. The third kappa shape index (κ3) is 3.85. The summed E-state index contributed by atoms with van der Waals surface area (Å²) in [7, 11) is 3.97. The normalized spacial score (nSPS) is 16.1. The maximum absolute atomic E-state index is 12.8. The fourth-order valence-electron chi connectivity index (χ4n) is 3.75. The van der Waals surface area contributed by atoms with Crippen LogP contribution in [-0.2, 0) is 13.0 Å². The van der Waals surface area contributed by atoms with Gasteiger partial charge in [0.25, 0.3) is 0 Å². The molecular weight excluding hydrogens is 376 g/mol. The largest absolute Gasteiger partial charge is 0.362 e. The number of hydrogen-bond acceptors (Lipinski definition) is 5. The Morgan fingerprint density at radius 2 is 1.96 bits per heavy atom. The van der Waals surface area contributed by atoms with Crippen LogP contribution in [0.25, 0.3) is 0 Å². The van der Waals surface area contributed by atoms with Gasteiger partial charge in [-0.15, -0.1) is 0 Å². The van der Waals surface area contributed by atoms with E-state index in [-0.39, 0.29) is 6.03 Å². The van der Waals surface area contributed by atoms with Crippen LogP contribution in [0.2, 0.25) is 5.02 Å². The molecule has 3 heterocycles. The Morgan fingerprint density at radius 3 is 2.68 bits per heavy atom. The average Bonchev–Trinajstić information content (AvgIpc) is 3.21. The highest BCUT2D eigenvalue weighted by Crippen LogP contribution is 2.29. The van der Waals surface area contributed by atoms with Crippen LogP contribution < -0.4 is 15.1 Å². The number of hydrogen-bond donors (Lipinski definition) is 1. The number of carbonyl (C=O) groups is 1.